The fourth-order valence-electron chi connectivity index (χ4n) is 3.91. The average Bonchev–Trinajstić information content (AvgIpc) is 3.35. The van der Waals surface area contributed by atoms with E-state index in [9.17, 15) is 9.59 Å². The Labute approximate surface area is 207 Å². The van der Waals surface area contributed by atoms with Crippen LogP contribution in [-0.4, -0.2) is 35.8 Å². The molecule has 3 aromatic carbocycles. The fourth-order valence-corrected chi connectivity index (χ4v) is 3.91. The van der Waals surface area contributed by atoms with E-state index in [4.69, 9.17) is 0 Å². The van der Waals surface area contributed by atoms with Crippen molar-refractivity contribution in [3.8, 4) is 0 Å². The molecule has 0 aliphatic heterocycles. The highest BCUT2D eigenvalue weighted by molar-refractivity contribution is 5.91. The quantitative estimate of drug-likeness (QED) is 0.344. The van der Waals surface area contributed by atoms with Crippen molar-refractivity contribution < 1.29 is 4.79 Å². The second-order valence-corrected chi connectivity index (χ2v) is 8.37. The van der Waals surface area contributed by atoms with Crippen molar-refractivity contribution in [2.24, 2.45) is 0 Å². The number of hydrogen-bond donors (Lipinski definition) is 1. The third-order valence-corrected chi connectivity index (χ3v) is 5.67. The van der Waals surface area contributed by atoms with Gasteiger partial charge in [-0.25, -0.2) is 9.67 Å². The van der Waals surface area contributed by atoms with Crippen LogP contribution in [0.25, 0.3) is 17.0 Å². The predicted octanol–water partition coefficient (Wildman–Crippen LogP) is 3.81. The van der Waals surface area contributed by atoms with Crippen LogP contribution < -0.4 is 5.56 Å². The summed E-state index contributed by atoms with van der Waals surface area (Å²) in [5.41, 5.74) is 3.02. The smallest absolute Gasteiger partial charge is 0.258 e. The molecular weight excluding hydrogens is 452 g/mol. The lowest BCUT2D eigenvalue weighted by Gasteiger charge is -2.21. The molecule has 0 fully saturated rings. The lowest BCUT2D eigenvalue weighted by atomic mass is 10.2. The first-order chi connectivity index (χ1) is 17.6. The number of nitrogens with zero attached hydrogens (tertiary/aromatic N) is 5. The molecule has 8 nitrogen and oxygen atoms in total. The number of aromatic amines is 1. The normalized spacial score (nSPS) is 11.2. The Balaban J connectivity index is 1.35. The standard InChI is InChI=1S/C28H24N6O2/c35-27(16-15-23-19-34(32-31-23)18-22-11-5-2-6-12-22)33(17-21-9-3-1-4-10-21)20-26-29-25-14-8-7-13-24(25)28(36)30-26/h1-16,19H,17-18,20H2,(H,29,30,36)/b16-15-. The zero-order valence-electron chi connectivity index (χ0n) is 19.5. The van der Waals surface area contributed by atoms with Crippen LogP contribution in [0.5, 0.6) is 0 Å². The minimum atomic E-state index is -0.229. The number of hydrogen-bond acceptors (Lipinski definition) is 5. The maximum atomic E-state index is 13.2. The number of fused-ring (bicyclic) bond motifs is 1. The highest BCUT2D eigenvalue weighted by atomic mass is 16.2. The van der Waals surface area contributed by atoms with Gasteiger partial charge in [0.05, 0.1) is 30.2 Å². The van der Waals surface area contributed by atoms with Gasteiger partial charge in [0.25, 0.3) is 5.56 Å². The minimum absolute atomic E-state index is 0.152. The summed E-state index contributed by atoms with van der Waals surface area (Å²) in [5.74, 6) is 0.192. The molecule has 1 amide bonds. The second-order valence-electron chi connectivity index (χ2n) is 8.37. The Bertz CT molecular complexity index is 1560. The lowest BCUT2D eigenvalue weighted by molar-refractivity contribution is -0.127. The predicted molar refractivity (Wildman–Crippen MR) is 138 cm³/mol. The number of rotatable bonds is 8. The molecule has 36 heavy (non-hydrogen) atoms. The van der Waals surface area contributed by atoms with E-state index in [0.717, 1.165) is 11.1 Å². The van der Waals surface area contributed by atoms with E-state index in [2.05, 4.69) is 20.3 Å². The van der Waals surface area contributed by atoms with Crippen molar-refractivity contribution in [2.45, 2.75) is 19.6 Å². The average molecular weight is 477 g/mol. The summed E-state index contributed by atoms with van der Waals surface area (Å²) in [6, 6.07) is 26.8. The van der Waals surface area contributed by atoms with Gasteiger partial charge in [0.2, 0.25) is 5.91 Å². The summed E-state index contributed by atoms with van der Waals surface area (Å²) in [6.07, 6.45) is 4.91. The van der Waals surface area contributed by atoms with Crippen molar-refractivity contribution >= 4 is 22.9 Å². The molecule has 2 heterocycles. The van der Waals surface area contributed by atoms with E-state index < -0.39 is 0 Å². The van der Waals surface area contributed by atoms with Gasteiger partial charge in [-0.2, -0.15) is 0 Å². The monoisotopic (exact) mass is 476 g/mol. The van der Waals surface area contributed by atoms with Gasteiger partial charge in [-0.05, 0) is 29.3 Å². The van der Waals surface area contributed by atoms with Crippen LogP contribution in [0, 0.1) is 0 Å². The number of nitrogens with one attached hydrogen (secondary N) is 1. The molecule has 0 saturated carbocycles. The van der Waals surface area contributed by atoms with Gasteiger partial charge in [-0.1, -0.05) is 78.0 Å². The molecule has 1 N–H and O–H groups in total. The molecular formula is C28H24N6O2. The maximum Gasteiger partial charge on any atom is 0.258 e. The van der Waals surface area contributed by atoms with Gasteiger partial charge in [0.1, 0.15) is 11.5 Å². The van der Waals surface area contributed by atoms with Crippen LogP contribution >= 0.6 is 0 Å². The van der Waals surface area contributed by atoms with Crippen molar-refractivity contribution in [2.75, 3.05) is 0 Å². The van der Waals surface area contributed by atoms with Crippen molar-refractivity contribution in [3.05, 3.63) is 130 Å². The number of para-hydroxylation sites is 1. The first-order valence-corrected chi connectivity index (χ1v) is 11.6. The van der Waals surface area contributed by atoms with Crippen LogP contribution in [0.3, 0.4) is 0 Å². The zero-order valence-corrected chi connectivity index (χ0v) is 19.5. The Hall–Kier alpha value is -4.85. The van der Waals surface area contributed by atoms with E-state index >= 15 is 0 Å². The summed E-state index contributed by atoms with van der Waals surface area (Å²) >= 11 is 0. The van der Waals surface area contributed by atoms with Crippen molar-refractivity contribution in [1.29, 1.82) is 0 Å². The number of amides is 1. The number of aromatic nitrogens is 5. The zero-order chi connectivity index (χ0) is 24.7. The van der Waals surface area contributed by atoms with Gasteiger partial charge >= 0.3 is 0 Å². The molecule has 0 saturated heterocycles. The molecule has 0 unspecified atom stereocenters. The number of benzene rings is 3. The third-order valence-electron chi connectivity index (χ3n) is 5.67. The number of H-pyrrole nitrogens is 1. The molecule has 0 aliphatic rings. The summed E-state index contributed by atoms with van der Waals surface area (Å²) in [7, 11) is 0. The third kappa shape index (κ3) is 5.61. The molecule has 0 aliphatic carbocycles. The molecule has 8 heteroatoms. The first kappa shape index (κ1) is 22.9. The molecule has 2 aromatic heterocycles. The highest BCUT2D eigenvalue weighted by Crippen LogP contribution is 2.12. The highest BCUT2D eigenvalue weighted by Gasteiger charge is 2.15. The van der Waals surface area contributed by atoms with Gasteiger partial charge in [-0.15, -0.1) is 5.10 Å². The van der Waals surface area contributed by atoms with Gasteiger partial charge in [0.15, 0.2) is 0 Å². The minimum Gasteiger partial charge on any atom is -0.327 e. The van der Waals surface area contributed by atoms with Crippen molar-refractivity contribution in [3.63, 3.8) is 0 Å². The van der Waals surface area contributed by atoms with Crippen molar-refractivity contribution in [1.82, 2.24) is 29.9 Å². The summed E-state index contributed by atoms with van der Waals surface area (Å²) in [6.45, 7) is 1.11. The Morgan fingerprint density at radius 2 is 1.58 bits per heavy atom. The van der Waals surface area contributed by atoms with Crippen LogP contribution in [-0.2, 0) is 24.4 Å². The van der Waals surface area contributed by atoms with Gasteiger partial charge in [-0.3, -0.25) is 9.59 Å². The molecule has 0 bridgehead atoms. The number of carbonyl (C=O) groups excluding carboxylic acids is 1. The Morgan fingerprint density at radius 1 is 0.889 bits per heavy atom. The molecule has 0 spiro atoms. The van der Waals surface area contributed by atoms with E-state index in [1.807, 2.05) is 66.7 Å². The lowest BCUT2D eigenvalue weighted by Crippen LogP contribution is -2.30. The van der Waals surface area contributed by atoms with E-state index in [0.29, 0.717) is 35.5 Å². The summed E-state index contributed by atoms with van der Waals surface area (Å²) < 4.78 is 1.73. The SMILES string of the molecule is O=C(/C=C\c1cn(Cc2ccccc2)nn1)N(Cc1ccccc1)Cc1nc2ccccc2c(=O)[nH]1. The van der Waals surface area contributed by atoms with E-state index in [-0.39, 0.29) is 18.0 Å². The molecule has 5 aromatic rings. The fraction of sp³-hybridized carbons (Fsp3) is 0.107. The molecule has 0 atom stereocenters. The van der Waals surface area contributed by atoms with E-state index in [1.165, 1.54) is 6.08 Å². The first-order valence-electron chi connectivity index (χ1n) is 11.6. The van der Waals surface area contributed by atoms with E-state index in [1.54, 1.807) is 40.1 Å². The Morgan fingerprint density at radius 3 is 2.36 bits per heavy atom. The Kier molecular flexibility index (Phi) is 6.75. The topological polar surface area (TPSA) is 96.8 Å². The van der Waals surface area contributed by atoms with Crippen LogP contribution in [0.15, 0.2) is 102 Å². The number of carbonyl (C=O) groups is 1. The van der Waals surface area contributed by atoms with Crippen LogP contribution in [0.4, 0.5) is 0 Å². The van der Waals surface area contributed by atoms with Gasteiger partial charge in [0, 0.05) is 12.6 Å². The van der Waals surface area contributed by atoms with Crippen LogP contribution in [0.2, 0.25) is 0 Å². The molecule has 5 rings (SSSR count). The summed E-state index contributed by atoms with van der Waals surface area (Å²) in [5, 5.41) is 8.82. The van der Waals surface area contributed by atoms with Crippen LogP contribution in [0.1, 0.15) is 22.6 Å². The molecule has 0 radical (unpaired) electrons. The maximum absolute atomic E-state index is 13.2. The largest absolute Gasteiger partial charge is 0.327 e. The summed E-state index contributed by atoms with van der Waals surface area (Å²) in [4.78, 5) is 34.8. The molecule has 178 valence electrons. The second kappa shape index (κ2) is 10.6. The van der Waals surface area contributed by atoms with Gasteiger partial charge < -0.3 is 9.88 Å².